The Labute approximate surface area is 128 Å². The number of nitrogens with zero attached hydrogens (tertiary/aromatic N) is 1. The van der Waals surface area contributed by atoms with E-state index in [9.17, 15) is 0 Å². The summed E-state index contributed by atoms with van der Waals surface area (Å²) in [6.45, 7) is 2.40. The molecule has 2 aromatic carbocycles. The molecule has 4 heteroatoms. The summed E-state index contributed by atoms with van der Waals surface area (Å²) in [6.07, 6.45) is 0. The van der Waals surface area contributed by atoms with Gasteiger partial charge in [0.2, 0.25) is 0 Å². The number of nitrogen functional groups attached to an aromatic ring is 1. The van der Waals surface area contributed by atoms with Crippen molar-refractivity contribution in [2.75, 3.05) is 5.73 Å². The highest BCUT2D eigenvalue weighted by molar-refractivity contribution is 6.32. The zero-order valence-corrected chi connectivity index (χ0v) is 12.4. The molecule has 0 aliphatic rings. The predicted octanol–water partition coefficient (Wildman–Crippen LogP) is 4.36. The number of hydrogen-bond donors (Lipinski definition) is 1. The summed E-state index contributed by atoms with van der Waals surface area (Å²) in [4.78, 5) is 4.52. The smallest absolute Gasteiger partial charge is 0.140 e. The maximum atomic E-state index is 6.12. The van der Waals surface area contributed by atoms with Crippen molar-refractivity contribution in [2.24, 2.45) is 0 Å². The summed E-state index contributed by atoms with van der Waals surface area (Å²) in [7, 11) is 0. The molecule has 0 aliphatic heterocycles. The average molecular weight is 299 g/mol. The number of hydrogen-bond acceptors (Lipinski definition) is 3. The van der Waals surface area contributed by atoms with Gasteiger partial charge < -0.3 is 10.5 Å². The molecule has 0 radical (unpaired) electrons. The van der Waals surface area contributed by atoms with Crippen LogP contribution in [0.15, 0.2) is 48.5 Å². The van der Waals surface area contributed by atoms with Gasteiger partial charge in [0.05, 0.1) is 10.5 Å². The highest BCUT2D eigenvalue weighted by atomic mass is 35.5. The Balaban J connectivity index is 1.93. The third-order valence-corrected chi connectivity index (χ3v) is 3.58. The van der Waals surface area contributed by atoms with Gasteiger partial charge in [-0.15, -0.1) is 0 Å². The van der Waals surface area contributed by atoms with Gasteiger partial charge in [-0.05, 0) is 31.2 Å². The van der Waals surface area contributed by atoms with E-state index in [1.165, 1.54) is 0 Å². The zero-order chi connectivity index (χ0) is 14.8. The zero-order valence-electron chi connectivity index (χ0n) is 11.6. The van der Waals surface area contributed by atoms with E-state index in [1.54, 1.807) is 18.2 Å². The molecule has 1 aromatic heterocycles. The van der Waals surface area contributed by atoms with E-state index in [-0.39, 0.29) is 0 Å². The summed E-state index contributed by atoms with van der Waals surface area (Å²) in [5, 5.41) is 1.64. The number of para-hydroxylation sites is 1. The highest BCUT2D eigenvalue weighted by Crippen LogP contribution is 2.28. The molecule has 3 nitrogen and oxygen atoms in total. The molecule has 0 atom stereocenters. The minimum atomic E-state index is 0.424. The van der Waals surface area contributed by atoms with Crippen molar-refractivity contribution >= 4 is 28.2 Å². The second kappa shape index (κ2) is 5.62. The number of nitrogens with two attached hydrogens (primary N) is 1. The van der Waals surface area contributed by atoms with Crippen LogP contribution in [0.25, 0.3) is 10.9 Å². The lowest BCUT2D eigenvalue weighted by Gasteiger charge is -2.11. The third-order valence-electron chi connectivity index (χ3n) is 3.27. The number of benzene rings is 2. The molecule has 3 rings (SSSR count). The normalized spacial score (nSPS) is 10.8. The molecule has 0 amide bonds. The monoisotopic (exact) mass is 298 g/mol. The minimum Gasteiger partial charge on any atom is -0.487 e. The first-order valence-electron chi connectivity index (χ1n) is 6.66. The molecule has 0 aliphatic carbocycles. The summed E-state index contributed by atoms with van der Waals surface area (Å²) in [6, 6.07) is 15.3. The van der Waals surface area contributed by atoms with Gasteiger partial charge in [-0.1, -0.05) is 29.8 Å². The summed E-state index contributed by atoms with van der Waals surface area (Å²) < 4.78 is 5.83. The highest BCUT2D eigenvalue weighted by Gasteiger charge is 2.07. The number of halogens is 1. The molecule has 0 unspecified atom stereocenters. The molecule has 3 aromatic rings. The van der Waals surface area contributed by atoms with Crippen LogP contribution in [0.5, 0.6) is 5.75 Å². The fourth-order valence-electron chi connectivity index (χ4n) is 2.30. The van der Waals surface area contributed by atoms with Gasteiger partial charge >= 0.3 is 0 Å². The topological polar surface area (TPSA) is 48.1 Å². The standard InChI is InChI=1S/C17H15ClN2O/c1-11-8-12(14-4-2-3-5-16(14)20-11)10-21-17-9-13(19)6-7-15(17)18/h2-9H,10,19H2,1H3. The Morgan fingerprint density at radius 2 is 1.95 bits per heavy atom. The maximum Gasteiger partial charge on any atom is 0.140 e. The van der Waals surface area contributed by atoms with Gasteiger partial charge in [0, 0.05) is 28.4 Å². The van der Waals surface area contributed by atoms with Crippen LogP contribution in [-0.4, -0.2) is 4.98 Å². The molecule has 2 N–H and O–H groups in total. The summed E-state index contributed by atoms with van der Waals surface area (Å²) in [5.41, 5.74) is 9.40. The van der Waals surface area contributed by atoms with Crippen LogP contribution >= 0.6 is 11.6 Å². The van der Waals surface area contributed by atoms with E-state index in [1.807, 2.05) is 37.3 Å². The summed E-state index contributed by atoms with van der Waals surface area (Å²) >= 11 is 6.12. The van der Waals surface area contributed by atoms with Crippen LogP contribution in [0.1, 0.15) is 11.3 Å². The van der Waals surface area contributed by atoms with Crippen molar-refractivity contribution in [2.45, 2.75) is 13.5 Å². The van der Waals surface area contributed by atoms with E-state index in [2.05, 4.69) is 4.98 Å². The van der Waals surface area contributed by atoms with Gasteiger partial charge in [-0.25, -0.2) is 0 Å². The molecular weight excluding hydrogens is 284 g/mol. The lowest BCUT2D eigenvalue weighted by Crippen LogP contribution is -1.99. The number of pyridine rings is 1. The first-order chi connectivity index (χ1) is 10.1. The molecule has 0 saturated heterocycles. The fourth-order valence-corrected chi connectivity index (χ4v) is 2.47. The Kier molecular flexibility index (Phi) is 3.67. The second-order valence-electron chi connectivity index (χ2n) is 4.92. The van der Waals surface area contributed by atoms with E-state index in [0.29, 0.717) is 23.1 Å². The van der Waals surface area contributed by atoms with E-state index < -0.39 is 0 Å². The summed E-state index contributed by atoms with van der Waals surface area (Å²) in [5.74, 6) is 0.593. The SMILES string of the molecule is Cc1cc(COc2cc(N)ccc2Cl)c2ccccc2n1. The lowest BCUT2D eigenvalue weighted by molar-refractivity contribution is 0.308. The third kappa shape index (κ3) is 2.93. The molecular formula is C17H15ClN2O. The molecule has 0 bridgehead atoms. The van der Waals surface area contributed by atoms with E-state index in [4.69, 9.17) is 22.1 Å². The van der Waals surface area contributed by atoms with Gasteiger partial charge in [0.1, 0.15) is 12.4 Å². The minimum absolute atomic E-state index is 0.424. The van der Waals surface area contributed by atoms with Crippen molar-refractivity contribution < 1.29 is 4.74 Å². The van der Waals surface area contributed by atoms with Crippen molar-refractivity contribution in [3.8, 4) is 5.75 Å². The molecule has 0 spiro atoms. The fraction of sp³-hybridized carbons (Fsp3) is 0.118. The molecule has 21 heavy (non-hydrogen) atoms. The van der Waals surface area contributed by atoms with Gasteiger partial charge in [-0.2, -0.15) is 0 Å². The first-order valence-corrected chi connectivity index (χ1v) is 7.04. The number of fused-ring (bicyclic) bond motifs is 1. The van der Waals surface area contributed by atoms with Crippen molar-refractivity contribution in [3.05, 3.63) is 64.8 Å². The molecule has 0 saturated carbocycles. The Bertz CT molecular complexity index is 802. The molecule has 106 valence electrons. The number of aryl methyl sites for hydroxylation is 1. The predicted molar refractivity (Wildman–Crippen MR) is 86.7 cm³/mol. The van der Waals surface area contributed by atoms with Crippen molar-refractivity contribution in [1.29, 1.82) is 0 Å². The van der Waals surface area contributed by atoms with Crippen LogP contribution in [-0.2, 0) is 6.61 Å². The largest absolute Gasteiger partial charge is 0.487 e. The Morgan fingerprint density at radius 3 is 2.81 bits per heavy atom. The van der Waals surface area contributed by atoms with Crippen molar-refractivity contribution in [3.63, 3.8) is 0 Å². The lowest BCUT2D eigenvalue weighted by atomic mass is 10.1. The quantitative estimate of drug-likeness (QED) is 0.731. The van der Waals surface area contributed by atoms with Crippen LogP contribution in [0.4, 0.5) is 5.69 Å². The average Bonchev–Trinajstić information content (AvgIpc) is 2.47. The van der Waals surface area contributed by atoms with Crippen molar-refractivity contribution in [1.82, 2.24) is 4.98 Å². The van der Waals surface area contributed by atoms with Crippen LogP contribution in [0, 0.1) is 6.92 Å². The first kappa shape index (κ1) is 13.7. The van der Waals surface area contributed by atoms with Gasteiger partial charge in [0.25, 0.3) is 0 Å². The van der Waals surface area contributed by atoms with Crippen LogP contribution in [0.2, 0.25) is 5.02 Å². The Hall–Kier alpha value is -2.26. The van der Waals surface area contributed by atoms with Crippen LogP contribution in [0.3, 0.4) is 0 Å². The van der Waals surface area contributed by atoms with Gasteiger partial charge in [0.15, 0.2) is 0 Å². The number of aromatic nitrogens is 1. The van der Waals surface area contributed by atoms with E-state index >= 15 is 0 Å². The number of ether oxygens (including phenoxy) is 1. The van der Waals surface area contributed by atoms with E-state index in [0.717, 1.165) is 22.2 Å². The maximum absolute atomic E-state index is 6.12. The molecule has 0 fully saturated rings. The molecule has 1 heterocycles. The van der Waals surface area contributed by atoms with Crippen LogP contribution < -0.4 is 10.5 Å². The second-order valence-corrected chi connectivity index (χ2v) is 5.33. The van der Waals surface area contributed by atoms with Gasteiger partial charge in [-0.3, -0.25) is 4.98 Å². The number of rotatable bonds is 3. The Morgan fingerprint density at radius 1 is 1.14 bits per heavy atom. The number of anilines is 1.